The maximum absolute atomic E-state index is 5.51. The van der Waals surface area contributed by atoms with Gasteiger partial charge in [-0.05, 0) is 56.6 Å². The summed E-state index contributed by atoms with van der Waals surface area (Å²) in [6.45, 7) is 6.16. The number of benzene rings is 2. The van der Waals surface area contributed by atoms with Crippen LogP contribution in [-0.4, -0.2) is 38.8 Å². The van der Waals surface area contributed by atoms with Gasteiger partial charge in [0.25, 0.3) is 0 Å². The maximum atomic E-state index is 5.51. The molecule has 1 N–H and O–H groups in total. The maximum Gasteiger partial charge on any atom is 0.123 e. The molecule has 1 fully saturated rings. The standard InChI is InChI=1S/C22H30N2O2/c1-17-9-10-22(26-3)19(13-17)15-23-16-21(24-11-4-5-12-24)18-7-6-8-20(14-18)25-2/h6-10,13-14,21,23H,4-5,11-12,15-16H2,1-3H3. The summed E-state index contributed by atoms with van der Waals surface area (Å²) in [5.74, 6) is 1.87. The number of rotatable bonds is 8. The van der Waals surface area contributed by atoms with Crippen molar-refractivity contribution in [1.29, 1.82) is 0 Å². The highest BCUT2D eigenvalue weighted by atomic mass is 16.5. The van der Waals surface area contributed by atoms with Gasteiger partial charge in [-0.25, -0.2) is 0 Å². The van der Waals surface area contributed by atoms with E-state index in [1.807, 2.05) is 12.1 Å². The van der Waals surface area contributed by atoms with E-state index in [9.17, 15) is 0 Å². The minimum absolute atomic E-state index is 0.364. The molecule has 1 saturated heterocycles. The number of hydrogen-bond donors (Lipinski definition) is 1. The van der Waals surface area contributed by atoms with Crippen LogP contribution < -0.4 is 14.8 Å². The van der Waals surface area contributed by atoms with Crippen molar-refractivity contribution in [3.63, 3.8) is 0 Å². The summed E-state index contributed by atoms with van der Waals surface area (Å²) in [6.07, 6.45) is 2.57. The van der Waals surface area contributed by atoms with Gasteiger partial charge in [-0.1, -0.05) is 29.8 Å². The molecular formula is C22H30N2O2. The van der Waals surface area contributed by atoms with Crippen LogP contribution in [0.4, 0.5) is 0 Å². The Balaban J connectivity index is 1.71. The quantitative estimate of drug-likeness (QED) is 0.778. The summed E-state index contributed by atoms with van der Waals surface area (Å²) < 4.78 is 10.9. The van der Waals surface area contributed by atoms with Crippen LogP contribution in [0.25, 0.3) is 0 Å². The highest BCUT2D eigenvalue weighted by Crippen LogP contribution is 2.27. The van der Waals surface area contributed by atoms with Gasteiger partial charge in [0.2, 0.25) is 0 Å². The minimum Gasteiger partial charge on any atom is -0.497 e. The van der Waals surface area contributed by atoms with Crippen LogP contribution in [0.3, 0.4) is 0 Å². The fourth-order valence-corrected chi connectivity index (χ4v) is 3.75. The summed E-state index contributed by atoms with van der Waals surface area (Å²) in [4.78, 5) is 2.58. The number of nitrogens with zero attached hydrogens (tertiary/aromatic N) is 1. The Morgan fingerprint density at radius 3 is 2.58 bits per heavy atom. The van der Waals surface area contributed by atoms with E-state index < -0.39 is 0 Å². The Bertz CT molecular complexity index is 711. The minimum atomic E-state index is 0.364. The molecular weight excluding hydrogens is 324 g/mol. The second-order valence-electron chi connectivity index (χ2n) is 6.98. The molecule has 0 amide bonds. The molecule has 2 aromatic rings. The molecule has 1 unspecified atom stereocenters. The summed E-state index contributed by atoms with van der Waals surface area (Å²) in [5.41, 5.74) is 3.78. The van der Waals surface area contributed by atoms with Gasteiger partial charge in [0.15, 0.2) is 0 Å². The highest BCUT2D eigenvalue weighted by Gasteiger charge is 2.23. The monoisotopic (exact) mass is 354 g/mol. The molecule has 1 aliphatic heterocycles. The molecule has 0 aliphatic carbocycles. The van der Waals surface area contributed by atoms with E-state index in [1.54, 1.807) is 14.2 Å². The molecule has 1 atom stereocenters. The van der Waals surface area contributed by atoms with Gasteiger partial charge >= 0.3 is 0 Å². The lowest BCUT2D eigenvalue weighted by molar-refractivity contribution is 0.237. The lowest BCUT2D eigenvalue weighted by Crippen LogP contribution is -2.34. The zero-order chi connectivity index (χ0) is 18.4. The smallest absolute Gasteiger partial charge is 0.123 e. The van der Waals surface area contributed by atoms with Gasteiger partial charge in [0.05, 0.1) is 14.2 Å². The summed E-state index contributed by atoms with van der Waals surface area (Å²) in [7, 11) is 3.46. The van der Waals surface area contributed by atoms with Crippen LogP contribution >= 0.6 is 0 Å². The summed E-state index contributed by atoms with van der Waals surface area (Å²) >= 11 is 0. The van der Waals surface area contributed by atoms with Gasteiger partial charge in [-0.3, -0.25) is 4.90 Å². The highest BCUT2D eigenvalue weighted by molar-refractivity contribution is 5.37. The normalized spacial score (nSPS) is 15.8. The SMILES string of the molecule is COc1cccc(C(CNCc2cc(C)ccc2OC)N2CCCC2)c1. The molecule has 4 nitrogen and oxygen atoms in total. The number of nitrogens with one attached hydrogen (secondary N) is 1. The van der Waals surface area contributed by atoms with Crippen molar-refractivity contribution in [2.45, 2.75) is 32.4 Å². The Labute approximate surface area is 157 Å². The summed E-state index contributed by atoms with van der Waals surface area (Å²) in [6, 6.07) is 15.2. The first-order valence-corrected chi connectivity index (χ1v) is 9.43. The third-order valence-corrected chi connectivity index (χ3v) is 5.15. The van der Waals surface area contributed by atoms with Gasteiger partial charge in [-0.15, -0.1) is 0 Å². The van der Waals surface area contributed by atoms with Crippen molar-refractivity contribution in [2.75, 3.05) is 33.9 Å². The first-order valence-electron chi connectivity index (χ1n) is 9.43. The Morgan fingerprint density at radius 2 is 1.85 bits per heavy atom. The van der Waals surface area contributed by atoms with Crippen molar-refractivity contribution < 1.29 is 9.47 Å². The summed E-state index contributed by atoms with van der Waals surface area (Å²) in [5, 5.41) is 3.65. The van der Waals surface area contributed by atoms with Crippen LogP contribution in [0.5, 0.6) is 11.5 Å². The number of hydrogen-bond acceptors (Lipinski definition) is 4. The molecule has 0 saturated carbocycles. The van der Waals surface area contributed by atoms with Gasteiger partial charge in [-0.2, -0.15) is 0 Å². The Hall–Kier alpha value is -2.04. The van der Waals surface area contributed by atoms with Crippen molar-refractivity contribution in [2.24, 2.45) is 0 Å². The van der Waals surface area contributed by atoms with Gasteiger partial charge in [0, 0.05) is 24.7 Å². The fraction of sp³-hybridized carbons (Fsp3) is 0.455. The van der Waals surface area contributed by atoms with Crippen molar-refractivity contribution in [3.05, 3.63) is 59.2 Å². The van der Waals surface area contributed by atoms with E-state index >= 15 is 0 Å². The Morgan fingerprint density at radius 1 is 1.04 bits per heavy atom. The molecule has 140 valence electrons. The molecule has 0 radical (unpaired) electrons. The van der Waals surface area contributed by atoms with Crippen LogP contribution in [0, 0.1) is 6.92 Å². The van der Waals surface area contributed by atoms with Gasteiger partial charge < -0.3 is 14.8 Å². The first kappa shape index (κ1) is 18.7. The number of methoxy groups -OCH3 is 2. The third-order valence-electron chi connectivity index (χ3n) is 5.15. The van der Waals surface area contributed by atoms with Crippen LogP contribution in [0.2, 0.25) is 0 Å². The first-order chi connectivity index (χ1) is 12.7. The van der Waals surface area contributed by atoms with Crippen molar-refractivity contribution >= 4 is 0 Å². The van der Waals surface area contributed by atoms with E-state index in [-0.39, 0.29) is 0 Å². The van der Waals surface area contributed by atoms with E-state index in [1.165, 1.54) is 29.5 Å². The van der Waals surface area contributed by atoms with Crippen molar-refractivity contribution in [1.82, 2.24) is 10.2 Å². The van der Waals surface area contributed by atoms with E-state index in [2.05, 4.69) is 47.5 Å². The average molecular weight is 354 g/mol. The third kappa shape index (κ3) is 4.57. The molecule has 3 rings (SSSR count). The van der Waals surface area contributed by atoms with Crippen LogP contribution in [0.15, 0.2) is 42.5 Å². The topological polar surface area (TPSA) is 33.7 Å². The van der Waals surface area contributed by atoms with E-state index in [4.69, 9.17) is 9.47 Å². The lowest BCUT2D eigenvalue weighted by atomic mass is 10.0. The van der Waals surface area contributed by atoms with Crippen LogP contribution in [-0.2, 0) is 6.54 Å². The van der Waals surface area contributed by atoms with E-state index in [0.717, 1.165) is 37.7 Å². The zero-order valence-electron chi connectivity index (χ0n) is 16.1. The van der Waals surface area contributed by atoms with Crippen LogP contribution in [0.1, 0.15) is 35.6 Å². The number of likely N-dealkylation sites (tertiary alicyclic amines) is 1. The molecule has 0 spiro atoms. The average Bonchev–Trinajstić information content (AvgIpc) is 3.20. The lowest BCUT2D eigenvalue weighted by Gasteiger charge is -2.28. The molecule has 2 aromatic carbocycles. The predicted octanol–water partition coefficient (Wildman–Crippen LogP) is 3.94. The van der Waals surface area contributed by atoms with Crippen molar-refractivity contribution in [3.8, 4) is 11.5 Å². The number of aryl methyl sites for hydroxylation is 1. The molecule has 26 heavy (non-hydrogen) atoms. The molecule has 4 heteroatoms. The second-order valence-corrected chi connectivity index (χ2v) is 6.98. The predicted molar refractivity (Wildman–Crippen MR) is 106 cm³/mol. The molecule has 1 heterocycles. The molecule has 0 bridgehead atoms. The number of ether oxygens (including phenoxy) is 2. The van der Waals surface area contributed by atoms with E-state index in [0.29, 0.717) is 6.04 Å². The second kappa shape index (κ2) is 9.06. The fourth-order valence-electron chi connectivity index (χ4n) is 3.75. The van der Waals surface area contributed by atoms with Gasteiger partial charge in [0.1, 0.15) is 11.5 Å². The largest absolute Gasteiger partial charge is 0.497 e. The Kier molecular flexibility index (Phi) is 6.53. The zero-order valence-corrected chi connectivity index (χ0v) is 16.1. The molecule has 1 aliphatic rings. The molecule has 0 aromatic heterocycles.